The molecule has 0 fully saturated rings. The molecule has 0 amide bonds. The minimum atomic E-state index is -4.29. The third kappa shape index (κ3) is 4.16. The quantitative estimate of drug-likeness (QED) is 0.612. The van der Waals surface area contributed by atoms with Gasteiger partial charge in [0.2, 0.25) is 0 Å². The lowest BCUT2D eigenvalue weighted by molar-refractivity contribution is 0.494. The van der Waals surface area contributed by atoms with Gasteiger partial charge >= 0.3 is 0 Å². The standard InChI is InChI=1S/C21H21NO4S2/c1-17-13-18(2)15-19(14-17)16-22(27(23,24)20-9-5-3-6-10-20)28(25,26)21-11-7-4-8-12-21/h3-15H,16H2,1-2H3. The lowest BCUT2D eigenvalue weighted by Gasteiger charge is -2.22. The van der Waals surface area contributed by atoms with Gasteiger partial charge in [0, 0.05) is 0 Å². The van der Waals surface area contributed by atoms with Gasteiger partial charge in [0.15, 0.2) is 0 Å². The maximum Gasteiger partial charge on any atom is 0.256 e. The van der Waals surface area contributed by atoms with Crippen LogP contribution in [-0.4, -0.2) is 20.5 Å². The number of rotatable bonds is 6. The zero-order valence-electron chi connectivity index (χ0n) is 15.6. The average molecular weight is 416 g/mol. The molecule has 3 aromatic carbocycles. The Morgan fingerprint density at radius 1 is 0.643 bits per heavy atom. The van der Waals surface area contributed by atoms with Gasteiger partial charge in [-0.1, -0.05) is 69.4 Å². The molecule has 0 saturated heterocycles. The smallest absolute Gasteiger partial charge is 0.206 e. The van der Waals surface area contributed by atoms with Gasteiger partial charge in [-0.2, -0.15) is 0 Å². The maximum atomic E-state index is 13.3. The summed E-state index contributed by atoms with van der Waals surface area (Å²) in [7, 11) is -8.57. The molecule has 0 spiro atoms. The average Bonchev–Trinajstić information content (AvgIpc) is 2.66. The SMILES string of the molecule is Cc1cc(C)cc(CN(S(=O)(=O)c2ccccc2)S(=O)(=O)c2ccccc2)c1. The summed E-state index contributed by atoms with van der Waals surface area (Å²) >= 11 is 0. The second-order valence-corrected chi connectivity index (χ2v) is 10.5. The highest BCUT2D eigenvalue weighted by Crippen LogP contribution is 2.27. The molecule has 0 aromatic heterocycles. The van der Waals surface area contributed by atoms with Crippen molar-refractivity contribution in [3.8, 4) is 0 Å². The van der Waals surface area contributed by atoms with Crippen LogP contribution in [0.4, 0.5) is 0 Å². The normalized spacial score (nSPS) is 12.2. The van der Waals surface area contributed by atoms with Crippen molar-refractivity contribution >= 4 is 20.0 Å². The van der Waals surface area contributed by atoms with E-state index < -0.39 is 20.0 Å². The fourth-order valence-corrected chi connectivity index (χ4v) is 6.69. The van der Waals surface area contributed by atoms with Gasteiger partial charge < -0.3 is 0 Å². The number of hydrogen-bond acceptors (Lipinski definition) is 4. The third-order valence-corrected chi connectivity index (χ3v) is 8.46. The van der Waals surface area contributed by atoms with Gasteiger partial charge in [-0.15, -0.1) is 0 Å². The van der Waals surface area contributed by atoms with Crippen LogP contribution in [0.3, 0.4) is 0 Å². The summed E-state index contributed by atoms with van der Waals surface area (Å²) < 4.78 is 53.7. The Balaban J connectivity index is 2.17. The topological polar surface area (TPSA) is 71.5 Å². The summed E-state index contributed by atoms with van der Waals surface area (Å²) in [5.41, 5.74) is 2.48. The summed E-state index contributed by atoms with van der Waals surface area (Å²) in [4.78, 5) is -0.141. The molecule has 0 atom stereocenters. The van der Waals surface area contributed by atoms with Gasteiger partial charge in [-0.25, -0.2) is 16.8 Å². The molecule has 0 unspecified atom stereocenters. The molecule has 0 heterocycles. The zero-order chi connectivity index (χ0) is 20.4. The van der Waals surface area contributed by atoms with Crippen molar-refractivity contribution in [1.82, 2.24) is 3.71 Å². The summed E-state index contributed by atoms with van der Waals surface area (Å²) in [6, 6.07) is 20.7. The van der Waals surface area contributed by atoms with E-state index in [1.165, 1.54) is 24.3 Å². The zero-order valence-corrected chi connectivity index (χ0v) is 17.2. The second-order valence-electron chi connectivity index (χ2n) is 6.56. The van der Waals surface area contributed by atoms with Crippen molar-refractivity contribution < 1.29 is 16.8 Å². The minimum absolute atomic E-state index is 0.0705. The molecule has 0 aliphatic heterocycles. The predicted molar refractivity (Wildman–Crippen MR) is 109 cm³/mol. The van der Waals surface area contributed by atoms with E-state index in [9.17, 15) is 16.8 Å². The molecular weight excluding hydrogens is 394 g/mol. The van der Waals surface area contributed by atoms with Crippen molar-refractivity contribution in [2.45, 2.75) is 30.2 Å². The lowest BCUT2D eigenvalue weighted by Crippen LogP contribution is -2.36. The Morgan fingerprint density at radius 2 is 1.04 bits per heavy atom. The molecule has 0 saturated carbocycles. The summed E-state index contributed by atoms with van der Waals surface area (Å²) in [5, 5.41) is 0. The Morgan fingerprint density at radius 3 is 1.43 bits per heavy atom. The van der Waals surface area contributed by atoms with Crippen LogP contribution in [0.2, 0.25) is 0 Å². The molecule has 0 bridgehead atoms. The highest BCUT2D eigenvalue weighted by atomic mass is 32.3. The van der Waals surface area contributed by atoms with E-state index in [1.807, 2.05) is 19.9 Å². The Hall–Kier alpha value is -2.48. The van der Waals surface area contributed by atoms with E-state index in [4.69, 9.17) is 0 Å². The molecule has 0 N–H and O–H groups in total. The molecule has 3 rings (SSSR count). The third-order valence-electron chi connectivity index (χ3n) is 4.21. The molecule has 0 aliphatic carbocycles. The largest absolute Gasteiger partial charge is 0.256 e. The first-order valence-electron chi connectivity index (χ1n) is 8.66. The first-order valence-corrected chi connectivity index (χ1v) is 11.5. The van der Waals surface area contributed by atoms with Crippen LogP contribution < -0.4 is 0 Å². The van der Waals surface area contributed by atoms with E-state index in [1.54, 1.807) is 48.5 Å². The van der Waals surface area contributed by atoms with E-state index >= 15 is 0 Å². The van der Waals surface area contributed by atoms with Gasteiger partial charge in [0.05, 0.1) is 16.3 Å². The number of aryl methyl sites for hydroxylation is 2. The summed E-state index contributed by atoms with van der Waals surface area (Å²) in [6.07, 6.45) is 0. The highest BCUT2D eigenvalue weighted by Gasteiger charge is 2.36. The molecular formula is C21H21NO4S2. The Labute approximate surface area is 166 Å². The Bertz CT molecular complexity index is 1080. The van der Waals surface area contributed by atoms with Gasteiger partial charge in [-0.3, -0.25) is 0 Å². The van der Waals surface area contributed by atoms with Crippen molar-refractivity contribution in [3.63, 3.8) is 0 Å². The van der Waals surface area contributed by atoms with Gasteiger partial charge in [0.25, 0.3) is 20.0 Å². The van der Waals surface area contributed by atoms with Crippen LogP contribution in [0.15, 0.2) is 88.7 Å². The van der Waals surface area contributed by atoms with E-state index in [-0.39, 0.29) is 16.3 Å². The van der Waals surface area contributed by atoms with Crippen LogP contribution in [0, 0.1) is 13.8 Å². The molecule has 3 aromatic rings. The van der Waals surface area contributed by atoms with Gasteiger partial charge in [0.1, 0.15) is 0 Å². The highest BCUT2D eigenvalue weighted by molar-refractivity contribution is 8.04. The van der Waals surface area contributed by atoms with Crippen LogP contribution in [0.5, 0.6) is 0 Å². The maximum absolute atomic E-state index is 13.3. The summed E-state index contributed by atoms with van der Waals surface area (Å²) in [5.74, 6) is 0. The molecule has 0 radical (unpaired) electrons. The summed E-state index contributed by atoms with van der Waals surface area (Å²) in [6.45, 7) is 3.49. The first-order chi connectivity index (χ1) is 13.2. The van der Waals surface area contributed by atoms with Crippen LogP contribution in [0.1, 0.15) is 16.7 Å². The lowest BCUT2D eigenvalue weighted by atomic mass is 10.1. The van der Waals surface area contributed by atoms with E-state index in [0.29, 0.717) is 9.27 Å². The van der Waals surface area contributed by atoms with Crippen LogP contribution in [-0.2, 0) is 26.6 Å². The number of sulfonamides is 2. The fourth-order valence-electron chi connectivity index (χ4n) is 3.03. The van der Waals surface area contributed by atoms with E-state index in [2.05, 4.69) is 0 Å². The number of nitrogens with zero attached hydrogens (tertiary/aromatic N) is 1. The number of hydrogen-bond donors (Lipinski definition) is 0. The Kier molecular flexibility index (Phi) is 5.69. The molecule has 7 heteroatoms. The van der Waals surface area contributed by atoms with Crippen molar-refractivity contribution in [2.24, 2.45) is 0 Å². The fraction of sp³-hybridized carbons (Fsp3) is 0.143. The van der Waals surface area contributed by atoms with Gasteiger partial charge in [-0.05, 0) is 43.7 Å². The molecule has 5 nitrogen and oxygen atoms in total. The van der Waals surface area contributed by atoms with Crippen molar-refractivity contribution in [2.75, 3.05) is 0 Å². The monoisotopic (exact) mass is 415 g/mol. The van der Waals surface area contributed by atoms with Crippen LogP contribution >= 0.6 is 0 Å². The number of benzene rings is 3. The minimum Gasteiger partial charge on any atom is -0.206 e. The van der Waals surface area contributed by atoms with Crippen LogP contribution in [0.25, 0.3) is 0 Å². The van der Waals surface area contributed by atoms with Crippen molar-refractivity contribution in [1.29, 1.82) is 0 Å². The molecule has 0 aliphatic rings. The molecule has 146 valence electrons. The second kappa shape index (κ2) is 7.87. The van der Waals surface area contributed by atoms with E-state index in [0.717, 1.165) is 11.1 Å². The predicted octanol–water partition coefficient (Wildman–Crippen LogP) is 3.88. The molecule has 28 heavy (non-hydrogen) atoms. The first kappa shape index (κ1) is 20.3. The van der Waals surface area contributed by atoms with Crippen molar-refractivity contribution in [3.05, 3.63) is 95.6 Å².